The van der Waals surface area contributed by atoms with Gasteiger partial charge in [0.25, 0.3) is 5.91 Å². The maximum Gasteiger partial charge on any atom is 0.253 e. The molecule has 2 aromatic carbocycles. The van der Waals surface area contributed by atoms with Gasteiger partial charge in [-0.25, -0.2) is 0 Å². The standard InChI is InChI=1S/C22H27N3O2/c26-21(23-14-13-18-7-3-1-4-8-18)17-24-20-11-9-19(10-12-20)22(27)25-15-5-2-6-16-25/h1,3-4,7-12,24H,2,5-6,13-17H2,(H,23,26). The highest BCUT2D eigenvalue weighted by atomic mass is 16.2. The number of anilines is 1. The van der Waals surface area contributed by atoms with Gasteiger partial charge in [-0.05, 0) is 55.5 Å². The van der Waals surface area contributed by atoms with Crippen molar-refractivity contribution >= 4 is 17.5 Å². The third kappa shape index (κ3) is 5.84. The first-order valence-corrected chi connectivity index (χ1v) is 9.66. The Balaban J connectivity index is 1.40. The average molecular weight is 365 g/mol. The number of hydrogen-bond acceptors (Lipinski definition) is 3. The molecule has 27 heavy (non-hydrogen) atoms. The summed E-state index contributed by atoms with van der Waals surface area (Å²) in [4.78, 5) is 26.3. The molecular weight excluding hydrogens is 338 g/mol. The second-order valence-corrected chi connectivity index (χ2v) is 6.87. The Morgan fingerprint density at radius 3 is 2.30 bits per heavy atom. The van der Waals surface area contributed by atoms with Crippen molar-refractivity contribution in [3.63, 3.8) is 0 Å². The van der Waals surface area contributed by atoms with Gasteiger partial charge in [0.05, 0.1) is 6.54 Å². The van der Waals surface area contributed by atoms with Gasteiger partial charge in [-0.15, -0.1) is 0 Å². The van der Waals surface area contributed by atoms with Crippen LogP contribution in [0, 0.1) is 0 Å². The molecule has 0 aliphatic carbocycles. The summed E-state index contributed by atoms with van der Waals surface area (Å²) >= 11 is 0. The summed E-state index contributed by atoms with van der Waals surface area (Å²) in [5.74, 6) is 0.0549. The van der Waals surface area contributed by atoms with Crippen molar-refractivity contribution < 1.29 is 9.59 Å². The predicted molar refractivity (Wildman–Crippen MR) is 108 cm³/mol. The highest BCUT2D eigenvalue weighted by molar-refractivity contribution is 5.94. The summed E-state index contributed by atoms with van der Waals surface area (Å²) in [5.41, 5.74) is 2.75. The minimum absolute atomic E-state index is 0.0422. The van der Waals surface area contributed by atoms with E-state index in [0.717, 1.165) is 38.0 Å². The van der Waals surface area contributed by atoms with Crippen LogP contribution in [0.1, 0.15) is 35.2 Å². The molecule has 0 unspecified atom stereocenters. The van der Waals surface area contributed by atoms with E-state index in [1.807, 2.05) is 47.4 Å². The van der Waals surface area contributed by atoms with Crippen molar-refractivity contribution in [2.45, 2.75) is 25.7 Å². The fourth-order valence-corrected chi connectivity index (χ4v) is 3.25. The molecule has 1 aliphatic rings. The number of amides is 2. The Bertz CT molecular complexity index is 738. The van der Waals surface area contributed by atoms with Crippen LogP contribution in [-0.4, -0.2) is 42.9 Å². The fourth-order valence-electron chi connectivity index (χ4n) is 3.25. The van der Waals surface area contributed by atoms with Gasteiger partial charge in [0.1, 0.15) is 0 Å². The predicted octanol–water partition coefficient (Wildman–Crippen LogP) is 3.08. The minimum Gasteiger partial charge on any atom is -0.376 e. The molecule has 2 aromatic rings. The lowest BCUT2D eigenvalue weighted by molar-refractivity contribution is -0.119. The second kappa shape index (κ2) is 9.76. The SMILES string of the molecule is O=C(CNc1ccc(C(=O)N2CCCCC2)cc1)NCCc1ccccc1. The van der Waals surface area contributed by atoms with Crippen LogP contribution in [0.15, 0.2) is 54.6 Å². The van der Waals surface area contributed by atoms with Crippen molar-refractivity contribution in [3.8, 4) is 0 Å². The number of nitrogens with one attached hydrogen (secondary N) is 2. The van der Waals surface area contributed by atoms with Crippen LogP contribution in [0.3, 0.4) is 0 Å². The Kier molecular flexibility index (Phi) is 6.85. The molecule has 0 atom stereocenters. The van der Waals surface area contributed by atoms with Crippen LogP contribution in [0.2, 0.25) is 0 Å². The first-order chi connectivity index (χ1) is 13.2. The zero-order valence-corrected chi connectivity index (χ0v) is 15.6. The number of rotatable bonds is 7. The zero-order valence-electron chi connectivity index (χ0n) is 15.6. The molecule has 5 heteroatoms. The molecule has 0 spiro atoms. The van der Waals surface area contributed by atoms with Crippen LogP contribution in [0.4, 0.5) is 5.69 Å². The molecule has 0 radical (unpaired) electrons. The van der Waals surface area contributed by atoms with E-state index in [9.17, 15) is 9.59 Å². The Morgan fingerprint density at radius 1 is 0.889 bits per heavy atom. The van der Waals surface area contributed by atoms with Crippen molar-refractivity contribution in [3.05, 3.63) is 65.7 Å². The van der Waals surface area contributed by atoms with E-state index < -0.39 is 0 Å². The lowest BCUT2D eigenvalue weighted by Gasteiger charge is -2.26. The fraction of sp³-hybridized carbons (Fsp3) is 0.364. The highest BCUT2D eigenvalue weighted by Gasteiger charge is 2.17. The van der Waals surface area contributed by atoms with E-state index >= 15 is 0 Å². The van der Waals surface area contributed by atoms with Crippen LogP contribution in [0.25, 0.3) is 0 Å². The van der Waals surface area contributed by atoms with E-state index in [-0.39, 0.29) is 18.4 Å². The Hall–Kier alpha value is -2.82. The monoisotopic (exact) mass is 365 g/mol. The molecule has 0 aromatic heterocycles. The maximum atomic E-state index is 12.5. The number of nitrogens with zero attached hydrogens (tertiary/aromatic N) is 1. The van der Waals surface area contributed by atoms with Gasteiger partial charge in [0.2, 0.25) is 5.91 Å². The summed E-state index contributed by atoms with van der Waals surface area (Å²) in [5, 5.41) is 6.01. The molecule has 1 aliphatic heterocycles. The van der Waals surface area contributed by atoms with Gasteiger partial charge >= 0.3 is 0 Å². The van der Waals surface area contributed by atoms with Crippen molar-refractivity contribution in [2.24, 2.45) is 0 Å². The van der Waals surface area contributed by atoms with Gasteiger partial charge in [-0.2, -0.15) is 0 Å². The lowest BCUT2D eigenvalue weighted by Crippen LogP contribution is -2.35. The van der Waals surface area contributed by atoms with Crippen molar-refractivity contribution in [2.75, 3.05) is 31.5 Å². The smallest absolute Gasteiger partial charge is 0.253 e. The molecule has 2 amide bonds. The van der Waals surface area contributed by atoms with Crippen LogP contribution >= 0.6 is 0 Å². The summed E-state index contributed by atoms with van der Waals surface area (Å²) < 4.78 is 0. The molecule has 1 heterocycles. The Labute approximate surface area is 160 Å². The number of piperidine rings is 1. The van der Waals surface area contributed by atoms with Crippen molar-refractivity contribution in [1.82, 2.24) is 10.2 Å². The topological polar surface area (TPSA) is 61.4 Å². The lowest BCUT2D eigenvalue weighted by atomic mass is 10.1. The van der Waals surface area contributed by atoms with E-state index in [2.05, 4.69) is 22.8 Å². The van der Waals surface area contributed by atoms with E-state index in [1.165, 1.54) is 12.0 Å². The molecule has 1 fully saturated rings. The highest BCUT2D eigenvalue weighted by Crippen LogP contribution is 2.15. The average Bonchev–Trinajstić information content (AvgIpc) is 2.73. The number of benzene rings is 2. The molecule has 5 nitrogen and oxygen atoms in total. The van der Waals surface area contributed by atoms with Crippen LogP contribution in [0.5, 0.6) is 0 Å². The first kappa shape index (κ1) is 19.0. The normalized spacial score (nSPS) is 13.9. The van der Waals surface area contributed by atoms with Gasteiger partial charge < -0.3 is 15.5 Å². The Morgan fingerprint density at radius 2 is 1.59 bits per heavy atom. The third-order valence-corrected chi connectivity index (χ3v) is 4.81. The number of hydrogen-bond donors (Lipinski definition) is 2. The first-order valence-electron chi connectivity index (χ1n) is 9.66. The molecule has 0 bridgehead atoms. The molecule has 3 rings (SSSR count). The summed E-state index contributed by atoms with van der Waals surface area (Å²) in [7, 11) is 0. The minimum atomic E-state index is -0.0422. The molecule has 2 N–H and O–H groups in total. The number of carbonyl (C=O) groups is 2. The van der Waals surface area contributed by atoms with Gasteiger partial charge in [-0.3, -0.25) is 9.59 Å². The van der Waals surface area contributed by atoms with Crippen molar-refractivity contribution in [1.29, 1.82) is 0 Å². The van der Waals surface area contributed by atoms with E-state index in [1.54, 1.807) is 0 Å². The van der Waals surface area contributed by atoms with Crippen LogP contribution in [-0.2, 0) is 11.2 Å². The van der Waals surface area contributed by atoms with Crippen LogP contribution < -0.4 is 10.6 Å². The summed E-state index contributed by atoms with van der Waals surface area (Å²) in [6.07, 6.45) is 4.20. The molecular formula is C22H27N3O2. The quantitative estimate of drug-likeness (QED) is 0.793. The van der Waals surface area contributed by atoms with E-state index in [4.69, 9.17) is 0 Å². The largest absolute Gasteiger partial charge is 0.376 e. The number of likely N-dealkylation sites (tertiary alicyclic amines) is 1. The maximum absolute atomic E-state index is 12.5. The molecule has 142 valence electrons. The summed E-state index contributed by atoms with van der Waals surface area (Å²) in [6, 6.07) is 17.4. The number of carbonyl (C=O) groups excluding carboxylic acids is 2. The molecule has 1 saturated heterocycles. The summed E-state index contributed by atoms with van der Waals surface area (Å²) in [6.45, 7) is 2.53. The van der Waals surface area contributed by atoms with Gasteiger partial charge in [-0.1, -0.05) is 30.3 Å². The van der Waals surface area contributed by atoms with E-state index in [0.29, 0.717) is 12.1 Å². The molecule has 0 saturated carbocycles. The second-order valence-electron chi connectivity index (χ2n) is 6.87. The zero-order chi connectivity index (χ0) is 18.9. The van der Waals surface area contributed by atoms with Gasteiger partial charge in [0, 0.05) is 30.9 Å². The van der Waals surface area contributed by atoms with Gasteiger partial charge in [0.15, 0.2) is 0 Å². The third-order valence-electron chi connectivity index (χ3n) is 4.81.